The monoisotopic (exact) mass is 292 g/mol. The summed E-state index contributed by atoms with van der Waals surface area (Å²) in [6.07, 6.45) is 3.54. The second-order valence-corrected chi connectivity index (χ2v) is 5.57. The van der Waals surface area contributed by atoms with Crippen LogP contribution in [0.5, 0.6) is 11.5 Å². The Morgan fingerprint density at radius 2 is 2.25 bits per heavy atom. The van der Waals surface area contributed by atoms with Crippen molar-refractivity contribution in [3.63, 3.8) is 0 Å². The molecule has 1 aromatic carbocycles. The predicted octanol–water partition coefficient (Wildman–Crippen LogP) is 3.01. The zero-order valence-corrected chi connectivity index (χ0v) is 12.7. The highest BCUT2D eigenvalue weighted by molar-refractivity contribution is 7.09. The molecule has 1 unspecified atom stereocenters. The van der Waals surface area contributed by atoms with Gasteiger partial charge < -0.3 is 15.2 Å². The molecule has 0 aliphatic rings. The minimum atomic E-state index is 0.132. The number of hydrogen-bond donors (Lipinski definition) is 1. The summed E-state index contributed by atoms with van der Waals surface area (Å²) in [4.78, 5) is 5.15. The van der Waals surface area contributed by atoms with Gasteiger partial charge >= 0.3 is 0 Å². The standard InChI is InChI=1S/C15H20N2O2S/c1-3-12(16)6-11-7-13(18-2)4-5-15(11)19-9-14-8-17-10-20-14/h4-5,7-8,10,12H,3,6,9,16H2,1-2H3. The average Bonchev–Trinajstić information content (AvgIpc) is 2.99. The van der Waals surface area contributed by atoms with Crippen molar-refractivity contribution in [2.45, 2.75) is 32.4 Å². The van der Waals surface area contributed by atoms with E-state index in [0.29, 0.717) is 6.61 Å². The van der Waals surface area contributed by atoms with Crippen molar-refractivity contribution in [3.05, 3.63) is 40.3 Å². The number of aromatic nitrogens is 1. The molecule has 5 heteroatoms. The van der Waals surface area contributed by atoms with Gasteiger partial charge in [-0.05, 0) is 36.6 Å². The Bertz CT molecular complexity index is 529. The molecule has 1 aromatic heterocycles. The highest BCUT2D eigenvalue weighted by atomic mass is 32.1. The molecule has 1 heterocycles. The van der Waals surface area contributed by atoms with Gasteiger partial charge in [-0.15, -0.1) is 11.3 Å². The number of benzene rings is 1. The number of methoxy groups -OCH3 is 1. The highest BCUT2D eigenvalue weighted by Crippen LogP contribution is 2.26. The first-order valence-electron chi connectivity index (χ1n) is 6.65. The van der Waals surface area contributed by atoms with Gasteiger partial charge in [0.2, 0.25) is 0 Å². The Morgan fingerprint density at radius 1 is 1.40 bits per heavy atom. The van der Waals surface area contributed by atoms with Crippen LogP contribution in [0.25, 0.3) is 0 Å². The molecule has 2 N–H and O–H groups in total. The van der Waals surface area contributed by atoms with Crippen molar-refractivity contribution < 1.29 is 9.47 Å². The Balaban J connectivity index is 2.12. The van der Waals surface area contributed by atoms with E-state index in [2.05, 4.69) is 11.9 Å². The molecule has 0 amide bonds. The summed E-state index contributed by atoms with van der Waals surface area (Å²) in [6, 6.07) is 5.98. The van der Waals surface area contributed by atoms with Gasteiger partial charge in [-0.1, -0.05) is 6.92 Å². The minimum absolute atomic E-state index is 0.132. The number of nitrogens with zero attached hydrogens (tertiary/aromatic N) is 1. The fourth-order valence-corrected chi connectivity index (χ4v) is 2.38. The Labute approximate surface area is 123 Å². The third-order valence-electron chi connectivity index (χ3n) is 3.13. The summed E-state index contributed by atoms with van der Waals surface area (Å²) < 4.78 is 11.2. The van der Waals surface area contributed by atoms with E-state index in [1.54, 1.807) is 24.0 Å². The van der Waals surface area contributed by atoms with Crippen LogP contribution >= 0.6 is 11.3 Å². The van der Waals surface area contributed by atoms with Crippen molar-refractivity contribution in [3.8, 4) is 11.5 Å². The van der Waals surface area contributed by atoms with E-state index in [4.69, 9.17) is 15.2 Å². The molecular weight excluding hydrogens is 272 g/mol. The molecule has 0 spiro atoms. The lowest BCUT2D eigenvalue weighted by Crippen LogP contribution is -2.21. The van der Waals surface area contributed by atoms with Crippen molar-refractivity contribution in [2.24, 2.45) is 5.73 Å². The SMILES string of the molecule is CCC(N)Cc1cc(OC)ccc1OCc1cncs1. The van der Waals surface area contributed by atoms with Crippen molar-refractivity contribution in [2.75, 3.05) is 7.11 Å². The molecule has 108 valence electrons. The van der Waals surface area contributed by atoms with Crippen molar-refractivity contribution >= 4 is 11.3 Å². The number of ether oxygens (including phenoxy) is 2. The van der Waals surface area contributed by atoms with E-state index in [0.717, 1.165) is 34.8 Å². The van der Waals surface area contributed by atoms with Gasteiger partial charge in [-0.25, -0.2) is 0 Å². The molecule has 0 saturated carbocycles. The topological polar surface area (TPSA) is 57.4 Å². The molecule has 2 rings (SSSR count). The zero-order valence-electron chi connectivity index (χ0n) is 11.8. The summed E-state index contributed by atoms with van der Waals surface area (Å²) in [7, 11) is 1.66. The third-order valence-corrected chi connectivity index (χ3v) is 3.88. The largest absolute Gasteiger partial charge is 0.497 e. The Morgan fingerprint density at radius 3 is 2.90 bits per heavy atom. The molecule has 2 aromatic rings. The van der Waals surface area contributed by atoms with Crippen molar-refractivity contribution in [1.29, 1.82) is 0 Å². The molecule has 1 atom stereocenters. The van der Waals surface area contributed by atoms with Crippen LogP contribution in [0.15, 0.2) is 29.9 Å². The Hall–Kier alpha value is -1.59. The van der Waals surface area contributed by atoms with Gasteiger partial charge in [-0.2, -0.15) is 0 Å². The number of nitrogens with two attached hydrogens (primary N) is 1. The summed E-state index contributed by atoms with van der Waals surface area (Å²) >= 11 is 1.59. The molecule has 4 nitrogen and oxygen atoms in total. The zero-order chi connectivity index (χ0) is 14.4. The van der Waals surface area contributed by atoms with Gasteiger partial charge in [0.25, 0.3) is 0 Å². The third kappa shape index (κ3) is 3.95. The lowest BCUT2D eigenvalue weighted by atomic mass is 10.0. The fourth-order valence-electron chi connectivity index (χ4n) is 1.87. The number of thiazole rings is 1. The molecule has 0 aliphatic heterocycles. The van der Waals surface area contributed by atoms with Crippen LogP contribution in [0.3, 0.4) is 0 Å². The van der Waals surface area contributed by atoms with E-state index in [1.807, 2.05) is 24.4 Å². The van der Waals surface area contributed by atoms with E-state index in [1.165, 1.54) is 0 Å². The molecule has 0 radical (unpaired) electrons. The second-order valence-electron chi connectivity index (χ2n) is 4.60. The summed E-state index contributed by atoms with van der Waals surface area (Å²) in [5, 5.41) is 0. The highest BCUT2D eigenvalue weighted by Gasteiger charge is 2.10. The van der Waals surface area contributed by atoms with Crippen LogP contribution in [0.2, 0.25) is 0 Å². The van der Waals surface area contributed by atoms with Gasteiger partial charge in [0.1, 0.15) is 18.1 Å². The molecule has 0 bridgehead atoms. The average molecular weight is 292 g/mol. The first-order valence-corrected chi connectivity index (χ1v) is 7.53. The number of rotatable bonds is 7. The molecular formula is C15H20N2O2S. The maximum atomic E-state index is 6.05. The van der Waals surface area contributed by atoms with Crippen LogP contribution in [0.4, 0.5) is 0 Å². The van der Waals surface area contributed by atoms with Crippen LogP contribution in [0, 0.1) is 0 Å². The van der Waals surface area contributed by atoms with Crippen LogP contribution in [0.1, 0.15) is 23.8 Å². The number of hydrogen-bond acceptors (Lipinski definition) is 5. The lowest BCUT2D eigenvalue weighted by Gasteiger charge is -2.15. The maximum Gasteiger partial charge on any atom is 0.124 e. The van der Waals surface area contributed by atoms with E-state index < -0.39 is 0 Å². The summed E-state index contributed by atoms with van der Waals surface area (Å²) in [5.41, 5.74) is 8.94. The second kappa shape index (κ2) is 7.26. The lowest BCUT2D eigenvalue weighted by molar-refractivity contribution is 0.304. The smallest absolute Gasteiger partial charge is 0.124 e. The van der Waals surface area contributed by atoms with Gasteiger partial charge in [0.05, 0.1) is 17.5 Å². The van der Waals surface area contributed by atoms with Crippen molar-refractivity contribution in [1.82, 2.24) is 4.98 Å². The van der Waals surface area contributed by atoms with Crippen LogP contribution in [-0.2, 0) is 13.0 Å². The van der Waals surface area contributed by atoms with Gasteiger partial charge in [0.15, 0.2) is 0 Å². The van der Waals surface area contributed by atoms with E-state index in [-0.39, 0.29) is 6.04 Å². The quantitative estimate of drug-likeness (QED) is 0.852. The predicted molar refractivity (Wildman–Crippen MR) is 81.4 cm³/mol. The molecule has 0 saturated heterocycles. The van der Waals surface area contributed by atoms with E-state index >= 15 is 0 Å². The van der Waals surface area contributed by atoms with Gasteiger partial charge in [-0.3, -0.25) is 4.98 Å². The fraction of sp³-hybridized carbons (Fsp3) is 0.400. The van der Waals surface area contributed by atoms with E-state index in [9.17, 15) is 0 Å². The molecule has 20 heavy (non-hydrogen) atoms. The van der Waals surface area contributed by atoms with Gasteiger partial charge in [0, 0.05) is 12.2 Å². The first-order chi connectivity index (χ1) is 9.72. The van der Waals surface area contributed by atoms with Crippen LogP contribution in [-0.4, -0.2) is 18.1 Å². The maximum absolute atomic E-state index is 6.05. The summed E-state index contributed by atoms with van der Waals surface area (Å²) in [6.45, 7) is 2.62. The first kappa shape index (κ1) is 14.8. The molecule has 0 aliphatic carbocycles. The van der Waals surface area contributed by atoms with Crippen LogP contribution < -0.4 is 15.2 Å². The minimum Gasteiger partial charge on any atom is -0.497 e. The Kier molecular flexibility index (Phi) is 5.38. The summed E-state index contributed by atoms with van der Waals surface area (Å²) in [5.74, 6) is 1.69. The normalized spacial score (nSPS) is 12.2. The molecule has 0 fully saturated rings.